The molecule has 1 aliphatic rings. The van der Waals surface area contributed by atoms with E-state index >= 15 is 0 Å². The Kier molecular flexibility index (Phi) is 6.04. The summed E-state index contributed by atoms with van der Waals surface area (Å²) in [5, 5.41) is 18.7. The molecule has 6 nitrogen and oxygen atoms in total. The molecule has 1 saturated heterocycles. The van der Waals surface area contributed by atoms with E-state index in [0.29, 0.717) is 5.17 Å². The van der Waals surface area contributed by atoms with Crippen LogP contribution >= 0.6 is 39.5 Å². The summed E-state index contributed by atoms with van der Waals surface area (Å²) in [6.07, 6.45) is 3.33. The highest BCUT2D eigenvalue weighted by Gasteiger charge is 2.32. The standard InChI is InChI=1S/C13H12BrN3O3S2/c1-21-9-3-2-7(4-8(9)14)6-15-17-13-16-12(20)10(22-13)5-11(18)19/h2-4,6,10H,5H2,1H3,(H,18,19)(H,16,17,20). The Hall–Kier alpha value is -1.32. The van der Waals surface area contributed by atoms with E-state index in [-0.39, 0.29) is 12.3 Å². The first-order valence-electron chi connectivity index (χ1n) is 6.13. The van der Waals surface area contributed by atoms with Crippen LogP contribution in [0.4, 0.5) is 0 Å². The summed E-state index contributed by atoms with van der Waals surface area (Å²) >= 11 is 6.18. The third-order valence-corrected chi connectivity index (χ3v) is 5.45. The number of aliphatic carboxylic acids is 1. The normalized spacial score (nSPS) is 19.8. The highest BCUT2D eigenvalue weighted by atomic mass is 79.9. The number of carbonyl (C=O) groups is 2. The van der Waals surface area contributed by atoms with Crippen molar-refractivity contribution in [2.45, 2.75) is 16.6 Å². The van der Waals surface area contributed by atoms with Gasteiger partial charge in [0.15, 0.2) is 5.17 Å². The summed E-state index contributed by atoms with van der Waals surface area (Å²) in [4.78, 5) is 23.3. The van der Waals surface area contributed by atoms with Gasteiger partial charge in [-0.3, -0.25) is 9.59 Å². The fourth-order valence-corrected chi connectivity index (χ4v) is 3.91. The molecule has 2 N–H and O–H groups in total. The molecule has 22 heavy (non-hydrogen) atoms. The van der Waals surface area contributed by atoms with Gasteiger partial charge in [0, 0.05) is 9.37 Å². The fraction of sp³-hybridized carbons (Fsp3) is 0.231. The number of benzene rings is 1. The summed E-state index contributed by atoms with van der Waals surface area (Å²) in [6, 6.07) is 5.80. The Balaban J connectivity index is 2.01. The Morgan fingerprint density at radius 2 is 2.36 bits per heavy atom. The minimum atomic E-state index is -1.02. The zero-order valence-electron chi connectivity index (χ0n) is 11.4. The second-order valence-corrected chi connectivity index (χ2v) is 7.13. The van der Waals surface area contributed by atoms with E-state index in [4.69, 9.17) is 5.11 Å². The molecule has 9 heteroatoms. The lowest BCUT2D eigenvalue weighted by Crippen LogP contribution is -2.26. The topological polar surface area (TPSA) is 91.1 Å². The molecule has 1 heterocycles. The molecule has 0 spiro atoms. The molecule has 0 bridgehead atoms. The van der Waals surface area contributed by atoms with Gasteiger partial charge in [-0.05, 0) is 39.9 Å². The Labute approximate surface area is 144 Å². The summed E-state index contributed by atoms with van der Waals surface area (Å²) < 4.78 is 0.974. The summed E-state index contributed by atoms with van der Waals surface area (Å²) in [5.74, 6) is -1.37. The van der Waals surface area contributed by atoms with Crippen LogP contribution in [-0.4, -0.2) is 39.9 Å². The molecule has 1 fully saturated rings. The minimum absolute atomic E-state index is 0.234. The zero-order chi connectivity index (χ0) is 16.1. The SMILES string of the molecule is CSc1ccc(C=NN=C2NC(=O)C(CC(=O)O)S2)cc1Br. The number of rotatable bonds is 5. The van der Waals surface area contributed by atoms with Crippen molar-refractivity contribution in [3.8, 4) is 0 Å². The lowest BCUT2D eigenvalue weighted by Gasteiger charge is -2.00. The van der Waals surface area contributed by atoms with Gasteiger partial charge in [-0.1, -0.05) is 17.8 Å². The van der Waals surface area contributed by atoms with Gasteiger partial charge in [0.2, 0.25) is 5.91 Å². The van der Waals surface area contributed by atoms with Crippen LogP contribution in [-0.2, 0) is 9.59 Å². The molecule has 1 aromatic carbocycles. The van der Waals surface area contributed by atoms with Crippen LogP contribution in [0.5, 0.6) is 0 Å². The molecule has 0 aromatic heterocycles. The molecule has 0 aliphatic carbocycles. The van der Waals surface area contributed by atoms with Crippen molar-refractivity contribution < 1.29 is 14.7 Å². The van der Waals surface area contributed by atoms with Crippen LogP contribution in [0.2, 0.25) is 0 Å². The Morgan fingerprint density at radius 3 is 3.00 bits per heavy atom. The number of carboxylic acid groups (broad SMARTS) is 1. The molecule has 1 aromatic rings. The summed E-state index contributed by atoms with van der Waals surface area (Å²) in [5.41, 5.74) is 0.866. The van der Waals surface area contributed by atoms with Crippen LogP contribution in [0, 0.1) is 0 Å². The number of nitrogens with one attached hydrogen (secondary N) is 1. The van der Waals surface area contributed by atoms with Crippen molar-refractivity contribution >= 4 is 62.7 Å². The van der Waals surface area contributed by atoms with Gasteiger partial charge in [-0.2, -0.15) is 5.10 Å². The van der Waals surface area contributed by atoms with Gasteiger partial charge >= 0.3 is 5.97 Å². The highest BCUT2D eigenvalue weighted by molar-refractivity contribution is 9.10. The maximum atomic E-state index is 11.5. The molecule has 0 saturated carbocycles. The average molecular weight is 402 g/mol. The minimum Gasteiger partial charge on any atom is -0.481 e. The molecule has 1 aliphatic heterocycles. The Morgan fingerprint density at radius 1 is 1.59 bits per heavy atom. The molecule has 0 radical (unpaired) electrons. The first kappa shape index (κ1) is 17.0. The van der Waals surface area contributed by atoms with Crippen LogP contribution in [0.3, 0.4) is 0 Å². The van der Waals surface area contributed by atoms with Crippen molar-refractivity contribution in [1.29, 1.82) is 0 Å². The number of amides is 1. The molecular weight excluding hydrogens is 390 g/mol. The van der Waals surface area contributed by atoms with E-state index < -0.39 is 11.2 Å². The number of nitrogens with zero attached hydrogens (tertiary/aromatic N) is 2. The van der Waals surface area contributed by atoms with Crippen molar-refractivity contribution in [2.24, 2.45) is 10.2 Å². The number of thioether (sulfide) groups is 2. The summed E-state index contributed by atoms with van der Waals surface area (Å²) in [7, 11) is 0. The number of carbonyl (C=O) groups excluding carboxylic acids is 1. The predicted octanol–water partition coefficient (Wildman–Crippen LogP) is 2.57. The average Bonchev–Trinajstić information content (AvgIpc) is 2.78. The van der Waals surface area contributed by atoms with Gasteiger partial charge in [0.05, 0.1) is 12.6 Å². The quantitative estimate of drug-likeness (QED) is 0.449. The van der Waals surface area contributed by atoms with Crippen molar-refractivity contribution in [2.75, 3.05) is 6.26 Å². The van der Waals surface area contributed by atoms with E-state index in [2.05, 4.69) is 31.4 Å². The number of carboxylic acids is 1. The van der Waals surface area contributed by atoms with Crippen LogP contribution < -0.4 is 5.32 Å². The number of halogens is 1. The molecule has 1 amide bonds. The van der Waals surface area contributed by atoms with E-state index in [1.54, 1.807) is 18.0 Å². The van der Waals surface area contributed by atoms with Gasteiger partial charge in [0.25, 0.3) is 0 Å². The largest absolute Gasteiger partial charge is 0.481 e. The fourth-order valence-electron chi connectivity index (χ4n) is 1.66. The molecular formula is C13H12BrN3O3S2. The monoisotopic (exact) mass is 401 g/mol. The second kappa shape index (κ2) is 7.80. The van der Waals surface area contributed by atoms with Crippen LogP contribution in [0.25, 0.3) is 0 Å². The Bertz CT molecular complexity index is 664. The van der Waals surface area contributed by atoms with Gasteiger partial charge in [-0.15, -0.1) is 16.9 Å². The van der Waals surface area contributed by atoms with E-state index in [9.17, 15) is 9.59 Å². The maximum Gasteiger partial charge on any atom is 0.305 e. The molecule has 1 unspecified atom stereocenters. The third-order valence-electron chi connectivity index (χ3n) is 2.67. The van der Waals surface area contributed by atoms with E-state index in [1.807, 2.05) is 24.5 Å². The molecule has 2 rings (SSSR count). The first-order chi connectivity index (χ1) is 10.5. The molecule has 1 atom stereocenters. The van der Waals surface area contributed by atoms with Crippen molar-refractivity contribution in [3.05, 3.63) is 28.2 Å². The zero-order valence-corrected chi connectivity index (χ0v) is 14.7. The predicted molar refractivity (Wildman–Crippen MR) is 92.7 cm³/mol. The van der Waals surface area contributed by atoms with E-state index in [1.165, 1.54) is 0 Å². The van der Waals surface area contributed by atoms with Gasteiger partial charge < -0.3 is 10.4 Å². The van der Waals surface area contributed by atoms with Crippen molar-refractivity contribution in [3.63, 3.8) is 0 Å². The number of amidine groups is 1. The lowest BCUT2D eigenvalue weighted by molar-refractivity contribution is -0.138. The van der Waals surface area contributed by atoms with Gasteiger partial charge in [0.1, 0.15) is 5.25 Å². The number of hydrogen-bond donors (Lipinski definition) is 2. The summed E-state index contributed by atoms with van der Waals surface area (Å²) in [6.45, 7) is 0. The third kappa shape index (κ3) is 4.59. The first-order valence-corrected chi connectivity index (χ1v) is 9.03. The van der Waals surface area contributed by atoms with Gasteiger partial charge in [-0.25, -0.2) is 0 Å². The maximum absolute atomic E-state index is 11.5. The van der Waals surface area contributed by atoms with E-state index in [0.717, 1.165) is 26.7 Å². The highest BCUT2D eigenvalue weighted by Crippen LogP contribution is 2.26. The molecule has 116 valence electrons. The lowest BCUT2D eigenvalue weighted by atomic mass is 10.2. The second-order valence-electron chi connectivity index (χ2n) is 4.24. The smallest absolute Gasteiger partial charge is 0.305 e. The van der Waals surface area contributed by atoms with Crippen molar-refractivity contribution in [1.82, 2.24) is 5.32 Å². The van der Waals surface area contributed by atoms with Crippen LogP contribution in [0.15, 0.2) is 37.8 Å². The number of hydrogen-bond acceptors (Lipinski definition) is 6. The van der Waals surface area contributed by atoms with Crippen LogP contribution in [0.1, 0.15) is 12.0 Å².